The van der Waals surface area contributed by atoms with Crippen LogP contribution < -0.4 is 4.90 Å². The molecule has 8 aromatic rings. The van der Waals surface area contributed by atoms with Gasteiger partial charge < -0.3 is 4.90 Å². The molecule has 0 radical (unpaired) electrons. The first-order chi connectivity index (χ1) is 21.3. The highest BCUT2D eigenvalue weighted by Gasteiger charge is 2.20. The molecular formula is C42H29N. The van der Waals surface area contributed by atoms with Crippen molar-refractivity contribution in [1.82, 2.24) is 0 Å². The molecule has 0 heterocycles. The van der Waals surface area contributed by atoms with Crippen molar-refractivity contribution in [2.45, 2.75) is 0 Å². The molecule has 0 N–H and O–H groups in total. The third-order valence-corrected chi connectivity index (χ3v) is 8.31. The van der Waals surface area contributed by atoms with Gasteiger partial charge in [-0.25, -0.2) is 0 Å². The lowest BCUT2D eigenvalue weighted by atomic mass is 9.94. The predicted octanol–water partition coefficient (Wildman–Crippen LogP) is 11.9. The number of fused-ring (bicyclic) bond motifs is 4. The van der Waals surface area contributed by atoms with E-state index in [0.29, 0.717) is 0 Å². The van der Waals surface area contributed by atoms with Crippen LogP contribution in [0.25, 0.3) is 55.2 Å². The quantitative estimate of drug-likeness (QED) is 0.153. The van der Waals surface area contributed by atoms with E-state index in [-0.39, 0.29) is 0 Å². The zero-order chi connectivity index (χ0) is 28.6. The number of rotatable bonds is 5. The molecule has 8 rings (SSSR count). The van der Waals surface area contributed by atoms with E-state index in [1.54, 1.807) is 0 Å². The molecule has 0 aliphatic heterocycles. The van der Waals surface area contributed by atoms with Crippen molar-refractivity contribution in [1.29, 1.82) is 0 Å². The van der Waals surface area contributed by atoms with Gasteiger partial charge in [0, 0.05) is 22.1 Å². The van der Waals surface area contributed by atoms with E-state index < -0.39 is 0 Å². The summed E-state index contributed by atoms with van der Waals surface area (Å²) in [4.78, 5) is 2.43. The summed E-state index contributed by atoms with van der Waals surface area (Å²) in [6.45, 7) is 0. The Morgan fingerprint density at radius 3 is 1.26 bits per heavy atom. The van der Waals surface area contributed by atoms with Gasteiger partial charge in [-0.1, -0.05) is 121 Å². The van der Waals surface area contributed by atoms with Gasteiger partial charge in [0.05, 0.1) is 5.69 Å². The maximum Gasteiger partial charge on any atom is 0.0618 e. The molecule has 8 aromatic carbocycles. The van der Waals surface area contributed by atoms with Crippen LogP contribution in [0.3, 0.4) is 0 Å². The summed E-state index contributed by atoms with van der Waals surface area (Å²) < 4.78 is 0. The summed E-state index contributed by atoms with van der Waals surface area (Å²) in [5.41, 5.74) is 5.81. The number of benzene rings is 8. The Labute approximate surface area is 251 Å². The molecule has 1 nitrogen and oxygen atoms in total. The van der Waals surface area contributed by atoms with Crippen LogP contribution in [0.15, 0.2) is 164 Å². The van der Waals surface area contributed by atoms with Gasteiger partial charge in [-0.05, 0) is 98.0 Å². The summed E-state index contributed by atoms with van der Waals surface area (Å²) in [7, 11) is 0. The fourth-order valence-electron chi connectivity index (χ4n) is 6.19. The van der Waals surface area contributed by atoms with Crippen molar-refractivity contribution in [3.63, 3.8) is 0 Å². The minimum absolute atomic E-state index is 1.12. The summed E-state index contributed by atoms with van der Waals surface area (Å²) >= 11 is 0. The molecule has 1 heteroatoms. The van der Waals surface area contributed by atoms with Crippen molar-refractivity contribution in [2.75, 3.05) is 4.90 Å². The molecule has 0 bridgehead atoms. The average molecular weight is 548 g/mol. The molecule has 0 atom stereocenters. The first-order valence-corrected chi connectivity index (χ1v) is 14.8. The van der Waals surface area contributed by atoms with E-state index in [1.807, 2.05) is 6.07 Å². The molecule has 0 aliphatic rings. The van der Waals surface area contributed by atoms with Gasteiger partial charge in [0.25, 0.3) is 0 Å². The van der Waals surface area contributed by atoms with Crippen LogP contribution in [0.2, 0.25) is 0 Å². The Balaban J connectivity index is 1.39. The second-order valence-electron chi connectivity index (χ2n) is 11.1. The standard InChI is InChI=1S/C42H29N/c1-3-11-30(12-4-1)19-20-31-21-23-39(24-22-31)43(38-17-5-2-6-18-38)42-40-28-34-15-9-7-13-32(34)25-36(40)27-37-26-33-14-8-10-16-35(33)29-41(37)42/h1-29H. The molecule has 0 aliphatic carbocycles. The Kier molecular flexibility index (Phi) is 6.20. The largest absolute Gasteiger partial charge is 0.309 e. The fraction of sp³-hybridized carbons (Fsp3) is 0. The minimum atomic E-state index is 1.12. The fourth-order valence-corrected chi connectivity index (χ4v) is 6.19. The lowest BCUT2D eigenvalue weighted by Crippen LogP contribution is -2.11. The minimum Gasteiger partial charge on any atom is -0.309 e. The number of hydrogen-bond acceptors (Lipinski definition) is 1. The van der Waals surface area contributed by atoms with Crippen LogP contribution in [0.1, 0.15) is 11.1 Å². The Morgan fingerprint density at radius 1 is 0.326 bits per heavy atom. The van der Waals surface area contributed by atoms with Crippen LogP contribution in [0.5, 0.6) is 0 Å². The molecule has 0 saturated carbocycles. The van der Waals surface area contributed by atoms with Gasteiger partial charge in [0.2, 0.25) is 0 Å². The van der Waals surface area contributed by atoms with Crippen LogP contribution in [0, 0.1) is 0 Å². The molecule has 0 saturated heterocycles. The molecule has 202 valence electrons. The van der Waals surface area contributed by atoms with Crippen molar-refractivity contribution in [2.24, 2.45) is 0 Å². The highest BCUT2D eigenvalue weighted by Crippen LogP contribution is 2.45. The third-order valence-electron chi connectivity index (χ3n) is 8.31. The smallest absolute Gasteiger partial charge is 0.0618 e. The number of nitrogens with zero attached hydrogens (tertiary/aromatic N) is 1. The van der Waals surface area contributed by atoms with E-state index >= 15 is 0 Å². The summed E-state index contributed by atoms with van der Waals surface area (Å²) in [6, 6.07) is 59.2. The number of hydrogen-bond donors (Lipinski definition) is 0. The van der Waals surface area contributed by atoms with Crippen LogP contribution in [0.4, 0.5) is 17.1 Å². The zero-order valence-electron chi connectivity index (χ0n) is 23.7. The lowest BCUT2D eigenvalue weighted by molar-refractivity contribution is 1.31. The van der Waals surface area contributed by atoms with E-state index in [2.05, 4.69) is 175 Å². The summed E-state index contributed by atoms with van der Waals surface area (Å²) in [5.74, 6) is 0. The topological polar surface area (TPSA) is 3.24 Å². The molecule has 0 fully saturated rings. The van der Waals surface area contributed by atoms with E-state index in [0.717, 1.165) is 11.4 Å². The summed E-state index contributed by atoms with van der Waals surface area (Å²) in [5, 5.41) is 9.93. The van der Waals surface area contributed by atoms with E-state index in [4.69, 9.17) is 0 Å². The second-order valence-corrected chi connectivity index (χ2v) is 11.1. The maximum atomic E-state index is 2.43. The molecule has 0 spiro atoms. The maximum absolute atomic E-state index is 2.43. The van der Waals surface area contributed by atoms with Gasteiger partial charge in [-0.3, -0.25) is 0 Å². The molecule has 43 heavy (non-hydrogen) atoms. The van der Waals surface area contributed by atoms with Crippen molar-refractivity contribution >= 4 is 72.3 Å². The van der Waals surface area contributed by atoms with Crippen LogP contribution in [-0.4, -0.2) is 0 Å². The predicted molar refractivity (Wildman–Crippen MR) is 187 cm³/mol. The van der Waals surface area contributed by atoms with Crippen LogP contribution >= 0.6 is 0 Å². The first-order valence-electron chi connectivity index (χ1n) is 14.8. The number of anilines is 3. The highest BCUT2D eigenvalue weighted by molar-refractivity contribution is 6.19. The van der Waals surface area contributed by atoms with Gasteiger partial charge in [0.15, 0.2) is 0 Å². The highest BCUT2D eigenvalue weighted by atomic mass is 15.1. The molecule has 0 unspecified atom stereocenters. The second kappa shape index (κ2) is 10.6. The van der Waals surface area contributed by atoms with Crippen LogP contribution in [-0.2, 0) is 0 Å². The van der Waals surface area contributed by atoms with Gasteiger partial charge in [-0.2, -0.15) is 0 Å². The van der Waals surface area contributed by atoms with Crippen molar-refractivity contribution in [3.8, 4) is 0 Å². The van der Waals surface area contributed by atoms with E-state index in [1.165, 1.54) is 59.9 Å². The third kappa shape index (κ3) is 4.71. The number of para-hydroxylation sites is 1. The Bertz CT molecular complexity index is 2170. The first kappa shape index (κ1) is 25.1. The molecular weight excluding hydrogens is 518 g/mol. The van der Waals surface area contributed by atoms with Gasteiger partial charge >= 0.3 is 0 Å². The summed E-state index contributed by atoms with van der Waals surface area (Å²) in [6.07, 6.45) is 4.34. The normalized spacial score (nSPS) is 11.6. The SMILES string of the molecule is C(=Cc1ccc(N(c2ccccc2)c2c3cc4ccccc4cc3cc3cc4ccccc4cc23)cc1)c1ccccc1. The molecule has 0 amide bonds. The Hall–Kier alpha value is -5.66. The van der Waals surface area contributed by atoms with Gasteiger partial charge in [-0.15, -0.1) is 0 Å². The van der Waals surface area contributed by atoms with E-state index in [9.17, 15) is 0 Å². The molecule has 0 aromatic heterocycles. The lowest BCUT2D eigenvalue weighted by Gasteiger charge is -2.29. The van der Waals surface area contributed by atoms with Crippen molar-refractivity contribution < 1.29 is 0 Å². The zero-order valence-corrected chi connectivity index (χ0v) is 23.7. The van der Waals surface area contributed by atoms with Gasteiger partial charge in [0.1, 0.15) is 0 Å². The Morgan fingerprint density at radius 2 is 0.721 bits per heavy atom. The van der Waals surface area contributed by atoms with Crippen molar-refractivity contribution in [3.05, 3.63) is 175 Å². The average Bonchev–Trinajstić information content (AvgIpc) is 3.07. The monoisotopic (exact) mass is 547 g/mol.